The van der Waals surface area contributed by atoms with Gasteiger partial charge in [-0.3, -0.25) is 14.9 Å². The Kier molecular flexibility index (Phi) is 4.27. The number of nitro groups is 1. The van der Waals surface area contributed by atoms with Crippen molar-refractivity contribution in [3.63, 3.8) is 0 Å². The van der Waals surface area contributed by atoms with E-state index in [0.717, 1.165) is 13.0 Å². The molecule has 114 valence electrons. The Morgan fingerprint density at radius 1 is 1.43 bits per heavy atom. The number of ketones is 1. The molecule has 0 spiro atoms. The Hall–Kier alpha value is -1.95. The van der Waals surface area contributed by atoms with Crippen LogP contribution in [0.1, 0.15) is 30.6 Å². The van der Waals surface area contributed by atoms with Crippen LogP contribution in [0.2, 0.25) is 0 Å². The van der Waals surface area contributed by atoms with E-state index < -0.39 is 4.92 Å². The molecule has 0 N–H and O–H groups in total. The quantitative estimate of drug-likeness (QED) is 0.484. The molecule has 21 heavy (non-hydrogen) atoms. The van der Waals surface area contributed by atoms with E-state index in [9.17, 15) is 14.9 Å². The molecule has 0 radical (unpaired) electrons. The van der Waals surface area contributed by atoms with Crippen LogP contribution >= 0.6 is 0 Å². The molecule has 0 aliphatic carbocycles. The summed E-state index contributed by atoms with van der Waals surface area (Å²) in [7, 11) is 4.05. The van der Waals surface area contributed by atoms with Gasteiger partial charge in [0.2, 0.25) is 0 Å². The number of likely N-dealkylation sites (N-methyl/N-ethyl adjacent to an activating group) is 1. The number of benzene rings is 1. The lowest BCUT2D eigenvalue weighted by Gasteiger charge is -2.29. The number of anilines is 1. The minimum absolute atomic E-state index is 0.00829. The molecule has 1 fully saturated rings. The van der Waals surface area contributed by atoms with Gasteiger partial charge in [-0.2, -0.15) is 0 Å². The highest BCUT2D eigenvalue weighted by Crippen LogP contribution is 2.35. The zero-order valence-corrected chi connectivity index (χ0v) is 12.9. The SMILES string of the molecule is CC(=O)c1ccc(N2CCC(N(C)C)C2C)c([N+](=O)[O-])c1. The average Bonchev–Trinajstić information content (AvgIpc) is 2.79. The zero-order chi connectivity index (χ0) is 15.7. The van der Waals surface area contributed by atoms with Crippen LogP contribution < -0.4 is 4.90 Å². The van der Waals surface area contributed by atoms with E-state index in [1.807, 2.05) is 14.1 Å². The van der Waals surface area contributed by atoms with Gasteiger partial charge in [-0.25, -0.2) is 0 Å². The van der Waals surface area contributed by atoms with Crippen LogP contribution in [0.15, 0.2) is 18.2 Å². The molecular weight excluding hydrogens is 270 g/mol. The molecule has 1 heterocycles. The predicted molar refractivity (Wildman–Crippen MR) is 82.0 cm³/mol. The molecule has 2 rings (SSSR count). The molecule has 0 amide bonds. The Morgan fingerprint density at radius 2 is 2.10 bits per heavy atom. The van der Waals surface area contributed by atoms with Gasteiger partial charge in [-0.05, 0) is 46.5 Å². The molecule has 1 aliphatic rings. The number of Topliss-reactive ketones (excluding diaryl/α,β-unsaturated/α-hetero) is 1. The molecule has 2 unspecified atom stereocenters. The van der Waals surface area contributed by atoms with Crippen molar-refractivity contribution in [2.24, 2.45) is 0 Å². The molecule has 0 saturated carbocycles. The predicted octanol–water partition coefficient (Wildman–Crippen LogP) is 2.33. The average molecular weight is 291 g/mol. The first kappa shape index (κ1) is 15.4. The lowest BCUT2D eigenvalue weighted by molar-refractivity contribution is -0.384. The van der Waals surface area contributed by atoms with Gasteiger partial charge in [0.05, 0.1) is 4.92 Å². The maximum absolute atomic E-state index is 11.4. The summed E-state index contributed by atoms with van der Waals surface area (Å²) in [6, 6.07) is 5.32. The fraction of sp³-hybridized carbons (Fsp3) is 0.533. The number of nitrogens with zero attached hydrogens (tertiary/aromatic N) is 3. The summed E-state index contributed by atoms with van der Waals surface area (Å²) in [6.45, 7) is 4.28. The Bertz CT molecular complexity index is 571. The second-order valence-electron chi connectivity index (χ2n) is 5.77. The van der Waals surface area contributed by atoms with Crippen LogP contribution in [-0.4, -0.2) is 48.3 Å². The second-order valence-corrected chi connectivity index (χ2v) is 5.77. The molecule has 1 aromatic rings. The highest BCUT2D eigenvalue weighted by atomic mass is 16.6. The van der Waals surface area contributed by atoms with Crippen molar-refractivity contribution in [2.75, 3.05) is 25.5 Å². The van der Waals surface area contributed by atoms with Crippen LogP contribution in [0.4, 0.5) is 11.4 Å². The first-order valence-corrected chi connectivity index (χ1v) is 7.05. The summed E-state index contributed by atoms with van der Waals surface area (Å²) in [6.07, 6.45) is 0.972. The van der Waals surface area contributed by atoms with Crippen molar-refractivity contribution in [3.8, 4) is 0 Å². The third-order valence-corrected chi connectivity index (χ3v) is 4.27. The fourth-order valence-corrected chi connectivity index (χ4v) is 3.08. The summed E-state index contributed by atoms with van der Waals surface area (Å²) < 4.78 is 0. The van der Waals surface area contributed by atoms with Crippen LogP contribution in [-0.2, 0) is 0 Å². The normalized spacial score (nSPS) is 21.9. The van der Waals surface area contributed by atoms with Crippen molar-refractivity contribution in [1.29, 1.82) is 0 Å². The second kappa shape index (κ2) is 5.81. The molecule has 2 atom stereocenters. The van der Waals surface area contributed by atoms with Gasteiger partial charge >= 0.3 is 0 Å². The number of hydrogen-bond donors (Lipinski definition) is 0. The summed E-state index contributed by atoms with van der Waals surface area (Å²) >= 11 is 0. The van der Waals surface area contributed by atoms with Gasteiger partial charge in [-0.1, -0.05) is 0 Å². The van der Waals surface area contributed by atoms with Crippen LogP contribution in [0, 0.1) is 10.1 Å². The van der Waals surface area contributed by atoms with Gasteiger partial charge in [0.1, 0.15) is 5.69 Å². The summed E-state index contributed by atoms with van der Waals surface area (Å²) in [5.74, 6) is -0.162. The van der Waals surface area contributed by atoms with E-state index in [4.69, 9.17) is 0 Å². The van der Waals surface area contributed by atoms with Crippen molar-refractivity contribution >= 4 is 17.2 Å². The Labute approximate surface area is 124 Å². The van der Waals surface area contributed by atoms with Gasteiger partial charge in [0.15, 0.2) is 5.78 Å². The standard InChI is InChI=1S/C15H21N3O3/c1-10-13(16(3)4)7-8-17(10)14-6-5-12(11(2)19)9-15(14)18(20)21/h5-6,9-10,13H,7-8H2,1-4H3. The first-order valence-electron chi connectivity index (χ1n) is 7.05. The largest absolute Gasteiger partial charge is 0.362 e. The van der Waals surface area contributed by atoms with E-state index in [1.165, 1.54) is 13.0 Å². The molecule has 6 nitrogen and oxygen atoms in total. The molecule has 0 aromatic heterocycles. The highest BCUT2D eigenvalue weighted by Gasteiger charge is 2.35. The zero-order valence-electron chi connectivity index (χ0n) is 12.9. The summed E-state index contributed by atoms with van der Waals surface area (Å²) in [5.41, 5.74) is 0.984. The van der Waals surface area contributed by atoms with E-state index in [0.29, 0.717) is 17.3 Å². The van der Waals surface area contributed by atoms with E-state index in [1.54, 1.807) is 12.1 Å². The number of nitro benzene ring substituents is 1. The summed E-state index contributed by atoms with van der Waals surface area (Å²) in [5, 5.41) is 11.3. The van der Waals surface area contributed by atoms with Gasteiger partial charge in [-0.15, -0.1) is 0 Å². The summed E-state index contributed by atoms with van der Waals surface area (Å²) in [4.78, 5) is 26.6. The lowest BCUT2D eigenvalue weighted by atomic mass is 10.1. The topological polar surface area (TPSA) is 66.7 Å². The molecule has 1 aliphatic heterocycles. The van der Waals surface area contributed by atoms with Crippen LogP contribution in [0.3, 0.4) is 0 Å². The minimum Gasteiger partial charge on any atom is -0.362 e. The van der Waals surface area contributed by atoms with E-state index in [-0.39, 0.29) is 17.5 Å². The molecule has 0 bridgehead atoms. The molecule has 1 saturated heterocycles. The van der Waals surface area contributed by atoms with E-state index >= 15 is 0 Å². The third-order valence-electron chi connectivity index (χ3n) is 4.27. The molecular formula is C15H21N3O3. The molecule has 1 aromatic carbocycles. The first-order chi connectivity index (χ1) is 9.82. The molecule has 6 heteroatoms. The van der Waals surface area contributed by atoms with Crippen molar-refractivity contribution in [1.82, 2.24) is 4.90 Å². The van der Waals surface area contributed by atoms with Crippen LogP contribution in [0.5, 0.6) is 0 Å². The maximum atomic E-state index is 11.4. The monoisotopic (exact) mass is 291 g/mol. The maximum Gasteiger partial charge on any atom is 0.293 e. The highest BCUT2D eigenvalue weighted by molar-refractivity contribution is 5.95. The number of carbonyl (C=O) groups is 1. The Balaban J connectivity index is 2.40. The van der Waals surface area contributed by atoms with Crippen molar-refractivity contribution < 1.29 is 9.72 Å². The van der Waals surface area contributed by atoms with E-state index in [2.05, 4.69) is 16.7 Å². The number of rotatable bonds is 4. The Morgan fingerprint density at radius 3 is 2.57 bits per heavy atom. The minimum atomic E-state index is -0.405. The smallest absolute Gasteiger partial charge is 0.293 e. The lowest BCUT2D eigenvalue weighted by Crippen LogP contribution is -2.40. The van der Waals surface area contributed by atoms with Crippen molar-refractivity contribution in [2.45, 2.75) is 32.4 Å². The number of hydrogen-bond acceptors (Lipinski definition) is 5. The van der Waals surface area contributed by atoms with Gasteiger partial charge < -0.3 is 9.80 Å². The van der Waals surface area contributed by atoms with Crippen LogP contribution in [0.25, 0.3) is 0 Å². The van der Waals surface area contributed by atoms with Gasteiger partial charge in [0.25, 0.3) is 5.69 Å². The van der Waals surface area contributed by atoms with Gasteiger partial charge in [0, 0.05) is 30.3 Å². The number of carbonyl (C=O) groups excluding carboxylic acids is 1. The third kappa shape index (κ3) is 2.90. The van der Waals surface area contributed by atoms with Crippen molar-refractivity contribution in [3.05, 3.63) is 33.9 Å². The fourth-order valence-electron chi connectivity index (χ4n) is 3.08.